The van der Waals surface area contributed by atoms with Gasteiger partial charge in [0.15, 0.2) is 0 Å². The predicted molar refractivity (Wildman–Crippen MR) is 74.9 cm³/mol. The van der Waals surface area contributed by atoms with E-state index in [1.165, 1.54) is 7.11 Å². The summed E-state index contributed by atoms with van der Waals surface area (Å²) in [6.07, 6.45) is 1.84. The van der Waals surface area contributed by atoms with Gasteiger partial charge >= 0.3 is 5.97 Å². The second-order valence-electron chi connectivity index (χ2n) is 4.66. The molecule has 5 heteroatoms. The summed E-state index contributed by atoms with van der Waals surface area (Å²) in [7, 11) is 1.38. The van der Waals surface area contributed by atoms with Gasteiger partial charge in [-0.25, -0.2) is 0 Å². The van der Waals surface area contributed by atoms with E-state index in [2.05, 4.69) is 0 Å². The molecular weight excluding hydrogens is 278 g/mol. The number of ether oxygens (including phenoxy) is 2. The zero-order chi connectivity index (χ0) is 14.1. The Bertz CT molecular complexity index is 650. The molecule has 2 aromatic rings. The Morgan fingerprint density at radius 1 is 1.50 bits per heavy atom. The minimum Gasteiger partial charge on any atom is -0.469 e. The second-order valence-corrected chi connectivity index (χ2v) is 5.09. The third-order valence-corrected chi connectivity index (χ3v) is 3.67. The van der Waals surface area contributed by atoms with Crippen molar-refractivity contribution >= 4 is 17.6 Å². The first-order valence-electron chi connectivity index (χ1n) is 6.33. The largest absolute Gasteiger partial charge is 0.469 e. The number of fused-ring (bicyclic) bond motifs is 3. The minimum atomic E-state index is -0.316. The molecule has 2 heterocycles. The zero-order valence-corrected chi connectivity index (χ0v) is 11.8. The molecule has 104 valence electrons. The molecule has 4 nitrogen and oxygen atoms in total. The van der Waals surface area contributed by atoms with E-state index in [-0.39, 0.29) is 18.5 Å². The fraction of sp³-hybridized carbons (Fsp3) is 0.267. The highest BCUT2D eigenvalue weighted by Gasteiger charge is 2.25. The molecule has 20 heavy (non-hydrogen) atoms. The number of hydrogen-bond donors (Lipinski definition) is 0. The number of hydrogen-bond acceptors (Lipinski definition) is 3. The van der Waals surface area contributed by atoms with Crippen molar-refractivity contribution in [2.24, 2.45) is 0 Å². The first-order chi connectivity index (χ1) is 9.69. The maximum Gasteiger partial charge on any atom is 0.308 e. The number of carbonyl (C=O) groups excluding carboxylic acids is 1. The maximum absolute atomic E-state index is 11.5. The Labute approximate surface area is 121 Å². The van der Waals surface area contributed by atoms with E-state index >= 15 is 0 Å². The number of nitrogens with zero attached hydrogens (tertiary/aromatic N) is 1. The molecule has 0 radical (unpaired) electrons. The van der Waals surface area contributed by atoms with Crippen LogP contribution < -0.4 is 0 Å². The van der Waals surface area contributed by atoms with E-state index < -0.39 is 0 Å². The molecular formula is C15H14ClNO3. The lowest BCUT2D eigenvalue weighted by Crippen LogP contribution is -2.12. The molecule has 0 saturated heterocycles. The van der Waals surface area contributed by atoms with Crippen LogP contribution in [0.3, 0.4) is 0 Å². The summed E-state index contributed by atoms with van der Waals surface area (Å²) in [6.45, 7) is 0.416. The van der Waals surface area contributed by atoms with Crippen molar-refractivity contribution in [3.8, 4) is 5.69 Å². The van der Waals surface area contributed by atoms with Crippen LogP contribution in [0.15, 0.2) is 36.5 Å². The van der Waals surface area contributed by atoms with Gasteiger partial charge in [0.1, 0.15) is 6.10 Å². The summed E-state index contributed by atoms with van der Waals surface area (Å²) in [5.41, 5.74) is 2.97. The summed E-state index contributed by atoms with van der Waals surface area (Å²) < 4.78 is 12.6. The third-order valence-electron chi connectivity index (χ3n) is 3.43. The molecule has 0 amide bonds. The van der Waals surface area contributed by atoms with E-state index in [0.29, 0.717) is 11.6 Å². The number of benzene rings is 1. The highest BCUT2D eigenvalue weighted by molar-refractivity contribution is 6.30. The van der Waals surface area contributed by atoms with Gasteiger partial charge in [0.2, 0.25) is 0 Å². The number of aromatic nitrogens is 1. The molecule has 0 saturated carbocycles. The fourth-order valence-electron chi connectivity index (χ4n) is 2.45. The summed E-state index contributed by atoms with van der Waals surface area (Å²) in [5, 5.41) is 0.674. The summed E-state index contributed by atoms with van der Waals surface area (Å²) in [5.74, 6) is -0.285. The van der Waals surface area contributed by atoms with Crippen molar-refractivity contribution < 1.29 is 14.3 Å². The Balaban J connectivity index is 2.03. The van der Waals surface area contributed by atoms with Crippen LogP contribution in [0.5, 0.6) is 0 Å². The molecule has 0 bridgehead atoms. The number of carbonyl (C=O) groups is 1. The second kappa shape index (κ2) is 5.31. The van der Waals surface area contributed by atoms with Gasteiger partial charge in [-0.15, -0.1) is 0 Å². The van der Waals surface area contributed by atoms with E-state index in [0.717, 1.165) is 16.9 Å². The standard InChI is InChI=1S/C15H14ClNO3/c1-19-15(18)8-14-13-3-2-6-17(13)12-5-4-11(16)7-10(12)9-20-14/h2-7,14H,8-9H2,1H3/t14-/m0/s1. The Morgan fingerprint density at radius 3 is 3.15 bits per heavy atom. The van der Waals surface area contributed by atoms with Crippen molar-refractivity contribution in [1.29, 1.82) is 0 Å². The molecule has 1 aliphatic heterocycles. The van der Waals surface area contributed by atoms with Gasteiger partial charge in [0.05, 0.1) is 31.5 Å². The van der Waals surface area contributed by atoms with Gasteiger partial charge in [-0.2, -0.15) is 0 Å². The monoisotopic (exact) mass is 291 g/mol. The molecule has 1 aromatic carbocycles. The number of rotatable bonds is 2. The van der Waals surface area contributed by atoms with Crippen LogP contribution in [-0.4, -0.2) is 17.6 Å². The van der Waals surface area contributed by atoms with E-state index in [1.54, 1.807) is 0 Å². The summed E-state index contributed by atoms with van der Waals surface area (Å²) in [4.78, 5) is 11.5. The normalized spacial score (nSPS) is 17.0. The first-order valence-corrected chi connectivity index (χ1v) is 6.71. The molecule has 0 N–H and O–H groups in total. The Morgan fingerprint density at radius 2 is 2.35 bits per heavy atom. The number of esters is 1. The van der Waals surface area contributed by atoms with Crippen LogP contribution in [0.2, 0.25) is 5.02 Å². The van der Waals surface area contributed by atoms with Crippen LogP contribution in [0.25, 0.3) is 5.69 Å². The van der Waals surface area contributed by atoms with Gasteiger partial charge in [-0.1, -0.05) is 11.6 Å². The molecule has 1 aromatic heterocycles. The fourth-order valence-corrected chi connectivity index (χ4v) is 2.65. The summed E-state index contributed by atoms with van der Waals surface area (Å²) in [6, 6.07) is 9.60. The van der Waals surface area contributed by atoms with E-state index in [9.17, 15) is 4.79 Å². The SMILES string of the molecule is COC(=O)C[C@@H]1OCc2cc(Cl)ccc2-n2cccc21. The molecule has 0 aliphatic carbocycles. The smallest absolute Gasteiger partial charge is 0.308 e. The van der Waals surface area contributed by atoms with E-state index in [4.69, 9.17) is 21.1 Å². The lowest BCUT2D eigenvalue weighted by molar-refractivity contribution is -0.144. The van der Waals surface area contributed by atoms with Crippen molar-refractivity contribution in [2.75, 3.05) is 7.11 Å². The predicted octanol–water partition coefficient (Wildman–Crippen LogP) is 3.27. The van der Waals surface area contributed by atoms with Crippen LogP contribution in [0.4, 0.5) is 0 Å². The quantitative estimate of drug-likeness (QED) is 0.797. The Hall–Kier alpha value is -1.78. The Kier molecular flexibility index (Phi) is 3.51. The van der Waals surface area contributed by atoms with Gasteiger partial charge in [-0.05, 0) is 30.3 Å². The third kappa shape index (κ3) is 2.32. The van der Waals surface area contributed by atoms with Crippen molar-refractivity contribution in [3.05, 3.63) is 52.8 Å². The molecule has 0 spiro atoms. The van der Waals surface area contributed by atoms with Gasteiger partial charge in [0, 0.05) is 16.8 Å². The van der Waals surface area contributed by atoms with Crippen molar-refractivity contribution in [1.82, 2.24) is 4.57 Å². The zero-order valence-electron chi connectivity index (χ0n) is 11.0. The molecule has 0 fully saturated rings. The van der Waals surface area contributed by atoms with Crippen LogP contribution in [0, 0.1) is 0 Å². The maximum atomic E-state index is 11.5. The highest BCUT2D eigenvalue weighted by Crippen LogP contribution is 2.33. The van der Waals surface area contributed by atoms with Gasteiger partial charge < -0.3 is 14.0 Å². The topological polar surface area (TPSA) is 40.5 Å². The number of methoxy groups -OCH3 is 1. The first kappa shape index (κ1) is 13.2. The van der Waals surface area contributed by atoms with Crippen LogP contribution in [-0.2, 0) is 20.9 Å². The molecule has 3 rings (SSSR count). The molecule has 1 aliphatic rings. The number of halogens is 1. The lowest BCUT2D eigenvalue weighted by atomic mass is 10.1. The average molecular weight is 292 g/mol. The average Bonchev–Trinajstić information content (AvgIpc) is 2.87. The van der Waals surface area contributed by atoms with E-state index in [1.807, 2.05) is 41.1 Å². The van der Waals surface area contributed by atoms with Crippen molar-refractivity contribution in [3.63, 3.8) is 0 Å². The minimum absolute atomic E-state index is 0.197. The lowest BCUT2D eigenvalue weighted by Gasteiger charge is -2.15. The molecule has 1 atom stereocenters. The highest BCUT2D eigenvalue weighted by atomic mass is 35.5. The van der Waals surface area contributed by atoms with Gasteiger partial charge in [-0.3, -0.25) is 4.79 Å². The summed E-state index contributed by atoms with van der Waals surface area (Å²) >= 11 is 6.04. The van der Waals surface area contributed by atoms with Crippen LogP contribution >= 0.6 is 11.6 Å². The van der Waals surface area contributed by atoms with Gasteiger partial charge in [0.25, 0.3) is 0 Å². The van der Waals surface area contributed by atoms with Crippen molar-refractivity contribution in [2.45, 2.75) is 19.1 Å². The van der Waals surface area contributed by atoms with Crippen LogP contribution in [0.1, 0.15) is 23.8 Å². The molecule has 0 unspecified atom stereocenters.